The number of nitrogens with zero attached hydrogens (tertiary/aromatic N) is 1. The lowest BCUT2D eigenvalue weighted by atomic mass is 10.0. The molecule has 2 aromatic carbocycles. The number of fused-ring (bicyclic) bond motifs is 1. The van der Waals surface area contributed by atoms with E-state index in [1.54, 1.807) is 7.11 Å². The van der Waals surface area contributed by atoms with Gasteiger partial charge in [-0.1, -0.05) is 24.3 Å². The largest absolute Gasteiger partial charge is 0.497 e. The number of rotatable bonds is 3. The van der Waals surface area contributed by atoms with Crippen LogP contribution in [-0.4, -0.2) is 44.1 Å². The summed E-state index contributed by atoms with van der Waals surface area (Å²) in [7, 11) is 1.66. The fraction of sp³-hybridized carbons (Fsp3) is 0.353. The predicted molar refractivity (Wildman–Crippen MR) is 83.7 cm³/mol. The number of piperazine rings is 1. The zero-order chi connectivity index (χ0) is 14.7. The van der Waals surface area contributed by atoms with E-state index in [4.69, 9.17) is 4.74 Å². The number of hydrogen-bond donors (Lipinski definition) is 1. The molecule has 4 heteroatoms. The minimum absolute atomic E-state index is 0.201. The molecule has 1 aliphatic heterocycles. The van der Waals surface area contributed by atoms with Gasteiger partial charge >= 0.3 is 0 Å². The van der Waals surface area contributed by atoms with Crippen LogP contribution in [-0.2, 0) is 11.2 Å². The lowest BCUT2D eigenvalue weighted by molar-refractivity contribution is -0.131. The molecule has 110 valence electrons. The summed E-state index contributed by atoms with van der Waals surface area (Å²) in [6.07, 6.45) is 0.449. The van der Waals surface area contributed by atoms with E-state index in [9.17, 15) is 4.79 Å². The maximum absolute atomic E-state index is 12.4. The van der Waals surface area contributed by atoms with Crippen molar-refractivity contribution >= 4 is 16.7 Å². The molecule has 1 amide bonds. The molecule has 3 rings (SSSR count). The van der Waals surface area contributed by atoms with Crippen molar-refractivity contribution in [2.75, 3.05) is 33.3 Å². The summed E-state index contributed by atoms with van der Waals surface area (Å²) in [6.45, 7) is 3.37. The second kappa shape index (κ2) is 6.14. The number of benzene rings is 2. The summed E-state index contributed by atoms with van der Waals surface area (Å²) >= 11 is 0. The molecule has 1 N–H and O–H groups in total. The van der Waals surface area contributed by atoms with Gasteiger partial charge in [-0.05, 0) is 28.5 Å². The Morgan fingerprint density at radius 3 is 2.81 bits per heavy atom. The highest BCUT2D eigenvalue weighted by Gasteiger charge is 2.17. The molecule has 0 atom stereocenters. The van der Waals surface area contributed by atoms with Gasteiger partial charge in [-0.25, -0.2) is 0 Å². The van der Waals surface area contributed by atoms with Gasteiger partial charge < -0.3 is 15.0 Å². The molecule has 0 aromatic heterocycles. The number of carbonyl (C=O) groups is 1. The van der Waals surface area contributed by atoms with Crippen LogP contribution in [0.1, 0.15) is 5.56 Å². The third kappa shape index (κ3) is 3.00. The summed E-state index contributed by atoms with van der Waals surface area (Å²) in [5.41, 5.74) is 1.06. The van der Waals surface area contributed by atoms with Gasteiger partial charge in [0.25, 0.3) is 0 Å². The monoisotopic (exact) mass is 284 g/mol. The van der Waals surface area contributed by atoms with E-state index >= 15 is 0 Å². The quantitative estimate of drug-likeness (QED) is 0.935. The second-order valence-corrected chi connectivity index (χ2v) is 5.31. The van der Waals surface area contributed by atoms with Gasteiger partial charge in [0, 0.05) is 26.2 Å². The lowest BCUT2D eigenvalue weighted by Crippen LogP contribution is -2.46. The maximum atomic E-state index is 12.4. The first-order valence-corrected chi connectivity index (χ1v) is 7.32. The number of ether oxygens (including phenoxy) is 1. The van der Waals surface area contributed by atoms with Crippen molar-refractivity contribution in [3.05, 3.63) is 42.0 Å². The number of carbonyl (C=O) groups excluding carboxylic acids is 1. The summed E-state index contributed by atoms with van der Waals surface area (Å²) in [5.74, 6) is 1.02. The van der Waals surface area contributed by atoms with E-state index in [0.717, 1.165) is 48.3 Å². The van der Waals surface area contributed by atoms with E-state index in [-0.39, 0.29) is 5.91 Å². The van der Waals surface area contributed by atoms with Gasteiger partial charge in [0.15, 0.2) is 0 Å². The molecule has 21 heavy (non-hydrogen) atoms. The Bertz CT molecular complexity index is 648. The van der Waals surface area contributed by atoms with Crippen LogP contribution in [0.15, 0.2) is 36.4 Å². The normalized spacial score (nSPS) is 15.2. The Morgan fingerprint density at radius 1 is 1.24 bits per heavy atom. The fourth-order valence-electron chi connectivity index (χ4n) is 2.79. The van der Waals surface area contributed by atoms with Crippen LogP contribution in [0.4, 0.5) is 0 Å². The van der Waals surface area contributed by atoms with Gasteiger partial charge in [-0.15, -0.1) is 0 Å². The molecule has 1 heterocycles. The molecule has 0 radical (unpaired) electrons. The van der Waals surface area contributed by atoms with Crippen molar-refractivity contribution in [3.8, 4) is 5.75 Å². The van der Waals surface area contributed by atoms with Gasteiger partial charge in [0.1, 0.15) is 5.75 Å². The Morgan fingerprint density at radius 2 is 2.05 bits per heavy atom. The maximum Gasteiger partial charge on any atom is 0.227 e. The summed E-state index contributed by atoms with van der Waals surface area (Å²) in [5, 5.41) is 5.51. The number of amides is 1. The Kier molecular flexibility index (Phi) is 4.06. The molecule has 0 bridgehead atoms. The average molecular weight is 284 g/mol. The van der Waals surface area contributed by atoms with Crippen molar-refractivity contribution in [2.45, 2.75) is 6.42 Å². The standard InChI is InChI=1S/C17H20N2O2/c1-21-15-6-5-13-3-2-4-14(16(13)12-15)11-17(20)19-9-7-18-8-10-19/h2-6,12,18H,7-11H2,1H3. The van der Waals surface area contributed by atoms with Crippen LogP contribution in [0, 0.1) is 0 Å². The van der Waals surface area contributed by atoms with Crippen LogP contribution < -0.4 is 10.1 Å². The van der Waals surface area contributed by atoms with E-state index in [0.29, 0.717) is 6.42 Å². The lowest BCUT2D eigenvalue weighted by Gasteiger charge is -2.27. The van der Waals surface area contributed by atoms with E-state index in [1.165, 1.54) is 0 Å². The van der Waals surface area contributed by atoms with E-state index < -0.39 is 0 Å². The molecular formula is C17H20N2O2. The third-order valence-corrected chi connectivity index (χ3v) is 3.99. The Labute approximate surface area is 124 Å². The van der Waals surface area contributed by atoms with E-state index in [2.05, 4.69) is 11.4 Å². The van der Waals surface area contributed by atoms with Crippen molar-refractivity contribution in [3.63, 3.8) is 0 Å². The smallest absolute Gasteiger partial charge is 0.227 e. The minimum atomic E-state index is 0.201. The molecule has 0 saturated carbocycles. The summed E-state index contributed by atoms with van der Waals surface area (Å²) in [6, 6.07) is 12.1. The number of nitrogens with one attached hydrogen (secondary N) is 1. The van der Waals surface area contributed by atoms with Crippen molar-refractivity contribution in [1.29, 1.82) is 0 Å². The molecule has 4 nitrogen and oxygen atoms in total. The van der Waals surface area contributed by atoms with E-state index in [1.807, 2.05) is 35.2 Å². The van der Waals surface area contributed by atoms with Crippen LogP contribution in [0.2, 0.25) is 0 Å². The molecule has 1 fully saturated rings. The second-order valence-electron chi connectivity index (χ2n) is 5.31. The van der Waals surface area contributed by atoms with Crippen LogP contribution in [0.25, 0.3) is 10.8 Å². The molecule has 1 saturated heterocycles. The topological polar surface area (TPSA) is 41.6 Å². The minimum Gasteiger partial charge on any atom is -0.497 e. The van der Waals surface area contributed by atoms with Gasteiger partial charge in [0.05, 0.1) is 13.5 Å². The zero-order valence-electron chi connectivity index (χ0n) is 12.3. The SMILES string of the molecule is COc1ccc2cccc(CC(=O)N3CCNCC3)c2c1. The average Bonchev–Trinajstić information content (AvgIpc) is 2.55. The molecule has 2 aromatic rings. The molecular weight excluding hydrogens is 264 g/mol. The fourth-order valence-corrected chi connectivity index (χ4v) is 2.79. The first kappa shape index (κ1) is 13.9. The highest BCUT2D eigenvalue weighted by atomic mass is 16.5. The third-order valence-electron chi connectivity index (χ3n) is 3.99. The first-order valence-electron chi connectivity index (χ1n) is 7.32. The van der Waals surface area contributed by atoms with Crippen LogP contribution in [0.5, 0.6) is 5.75 Å². The summed E-state index contributed by atoms with van der Waals surface area (Å²) in [4.78, 5) is 14.4. The number of methoxy groups -OCH3 is 1. The zero-order valence-corrected chi connectivity index (χ0v) is 12.3. The van der Waals surface area contributed by atoms with Gasteiger partial charge in [-0.2, -0.15) is 0 Å². The highest BCUT2D eigenvalue weighted by Crippen LogP contribution is 2.24. The highest BCUT2D eigenvalue weighted by molar-refractivity contribution is 5.91. The van der Waals surface area contributed by atoms with Crippen molar-refractivity contribution in [1.82, 2.24) is 10.2 Å². The first-order chi connectivity index (χ1) is 10.3. The Balaban J connectivity index is 1.87. The van der Waals surface area contributed by atoms with Crippen molar-refractivity contribution in [2.24, 2.45) is 0 Å². The van der Waals surface area contributed by atoms with Crippen molar-refractivity contribution < 1.29 is 9.53 Å². The molecule has 0 aliphatic carbocycles. The predicted octanol–water partition coefficient (Wildman–Crippen LogP) is 1.82. The molecule has 0 spiro atoms. The van der Waals surface area contributed by atoms with Crippen LogP contribution in [0.3, 0.4) is 0 Å². The molecule has 0 unspecified atom stereocenters. The van der Waals surface area contributed by atoms with Gasteiger partial charge in [0.2, 0.25) is 5.91 Å². The molecule has 1 aliphatic rings. The van der Waals surface area contributed by atoms with Crippen LogP contribution >= 0.6 is 0 Å². The summed E-state index contributed by atoms with van der Waals surface area (Å²) < 4.78 is 5.29. The Hall–Kier alpha value is -2.07. The number of hydrogen-bond acceptors (Lipinski definition) is 3. The van der Waals surface area contributed by atoms with Gasteiger partial charge in [-0.3, -0.25) is 4.79 Å².